The Morgan fingerprint density at radius 1 is 1.35 bits per heavy atom. The van der Waals surface area contributed by atoms with Gasteiger partial charge in [0.15, 0.2) is 0 Å². The minimum Gasteiger partial charge on any atom is -0.394 e. The van der Waals surface area contributed by atoms with Crippen LogP contribution in [0.25, 0.3) is 0 Å². The van der Waals surface area contributed by atoms with Gasteiger partial charge in [-0.1, -0.05) is 6.92 Å². The lowest BCUT2D eigenvalue weighted by molar-refractivity contribution is -0.123. The van der Waals surface area contributed by atoms with E-state index in [9.17, 15) is 15.0 Å². The molecule has 1 amide bonds. The van der Waals surface area contributed by atoms with Crippen LogP contribution in [0.3, 0.4) is 0 Å². The first-order valence-corrected chi connectivity index (χ1v) is 5.57. The van der Waals surface area contributed by atoms with E-state index in [1.165, 1.54) is 0 Å². The van der Waals surface area contributed by atoms with Gasteiger partial charge in [0.2, 0.25) is 5.91 Å². The van der Waals surface area contributed by atoms with Crippen molar-refractivity contribution in [3.05, 3.63) is 30.1 Å². The number of carbonyl (C=O) groups excluding carboxylic acids is 1. The maximum Gasteiger partial charge on any atom is 0.225 e. The normalized spacial score (nSPS) is 11.2. The van der Waals surface area contributed by atoms with Gasteiger partial charge in [0.25, 0.3) is 0 Å². The third kappa shape index (κ3) is 3.80. The van der Waals surface area contributed by atoms with E-state index >= 15 is 0 Å². The number of aliphatic hydroxyl groups excluding tert-OH is 2. The van der Waals surface area contributed by atoms with Gasteiger partial charge in [-0.3, -0.25) is 9.78 Å². The highest BCUT2D eigenvalue weighted by Gasteiger charge is 2.28. The Morgan fingerprint density at radius 3 is 2.41 bits per heavy atom. The Hall–Kier alpha value is -1.46. The summed E-state index contributed by atoms with van der Waals surface area (Å²) in [7, 11) is 0. The maximum atomic E-state index is 11.8. The largest absolute Gasteiger partial charge is 0.394 e. The van der Waals surface area contributed by atoms with Gasteiger partial charge in [0.1, 0.15) is 0 Å². The lowest BCUT2D eigenvalue weighted by atomic mass is 9.98. The van der Waals surface area contributed by atoms with Crippen LogP contribution in [0.15, 0.2) is 24.5 Å². The lowest BCUT2D eigenvalue weighted by Gasteiger charge is -2.29. The van der Waals surface area contributed by atoms with E-state index in [-0.39, 0.29) is 25.5 Å². The first kappa shape index (κ1) is 13.6. The number of hydrogen-bond acceptors (Lipinski definition) is 4. The second-order valence-corrected chi connectivity index (χ2v) is 4.03. The van der Waals surface area contributed by atoms with E-state index in [0.717, 1.165) is 5.56 Å². The van der Waals surface area contributed by atoms with Crippen molar-refractivity contribution in [3.63, 3.8) is 0 Å². The van der Waals surface area contributed by atoms with Crippen LogP contribution < -0.4 is 5.32 Å². The van der Waals surface area contributed by atoms with Crippen molar-refractivity contribution in [2.75, 3.05) is 13.2 Å². The number of hydrogen-bond donors (Lipinski definition) is 3. The molecule has 0 atom stereocenters. The van der Waals surface area contributed by atoms with Crippen molar-refractivity contribution in [3.8, 4) is 0 Å². The first-order valence-electron chi connectivity index (χ1n) is 5.57. The van der Waals surface area contributed by atoms with Crippen molar-refractivity contribution in [1.29, 1.82) is 0 Å². The Balaban J connectivity index is 2.60. The van der Waals surface area contributed by atoms with Gasteiger partial charge in [-0.15, -0.1) is 0 Å². The van der Waals surface area contributed by atoms with Crippen LogP contribution in [-0.2, 0) is 11.2 Å². The van der Waals surface area contributed by atoms with Crippen LogP contribution in [0.5, 0.6) is 0 Å². The second kappa shape index (κ2) is 6.32. The van der Waals surface area contributed by atoms with Gasteiger partial charge in [-0.2, -0.15) is 0 Å². The number of nitrogens with zero attached hydrogens (tertiary/aromatic N) is 1. The number of aliphatic hydroxyl groups is 2. The minimum atomic E-state index is -0.926. The van der Waals surface area contributed by atoms with Gasteiger partial charge in [0, 0.05) is 12.4 Å². The average molecular weight is 238 g/mol. The second-order valence-electron chi connectivity index (χ2n) is 4.03. The Labute approximate surface area is 101 Å². The Morgan fingerprint density at radius 2 is 1.94 bits per heavy atom. The fraction of sp³-hybridized carbons (Fsp3) is 0.500. The summed E-state index contributed by atoms with van der Waals surface area (Å²) >= 11 is 0. The third-order valence-corrected chi connectivity index (χ3v) is 2.80. The highest BCUT2D eigenvalue weighted by atomic mass is 16.3. The van der Waals surface area contributed by atoms with Crippen molar-refractivity contribution in [2.45, 2.75) is 25.3 Å². The summed E-state index contributed by atoms with van der Waals surface area (Å²) in [6, 6.07) is 3.51. The SMILES string of the molecule is CCC(CO)(CO)NC(=O)Cc1ccncc1. The van der Waals surface area contributed by atoms with E-state index in [4.69, 9.17) is 0 Å². The number of aromatic nitrogens is 1. The topological polar surface area (TPSA) is 82.5 Å². The molecule has 3 N–H and O–H groups in total. The van der Waals surface area contributed by atoms with Crippen molar-refractivity contribution in [2.24, 2.45) is 0 Å². The van der Waals surface area contributed by atoms with Crippen LogP contribution in [0.4, 0.5) is 0 Å². The van der Waals surface area contributed by atoms with Gasteiger partial charge >= 0.3 is 0 Å². The molecule has 0 saturated carbocycles. The molecule has 1 aromatic heterocycles. The smallest absolute Gasteiger partial charge is 0.225 e. The van der Waals surface area contributed by atoms with Crippen LogP contribution >= 0.6 is 0 Å². The lowest BCUT2D eigenvalue weighted by Crippen LogP contribution is -2.54. The highest BCUT2D eigenvalue weighted by molar-refractivity contribution is 5.79. The standard InChI is InChI=1S/C12H18N2O3/c1-2-12(8-15,9-16)14-11(17)7-10-3-5-13-6-4-10/h3-6,15-16H,2,7-9H2,1H3,(H,14,17). The van der Waals surface area contributed by atoms with E-state index < -0.39 is 5.54 Å². The zero-order chi connectivity index (χ0) is 12.7. The number of nitrogens with one attached hydrogen (secondary N) is 1. The first-order chi connectivity index (χ1) is 8.15. The molecule has 0 unspecified atom stereocenters. The molecule has 1 rings (SSSR count). The molecular weight excluding hydrogens is 220 g/mol. The molecule has 5 nitrogen and oxygen atoms in total. The molecule has 0 radical (unpaired) electrons. The summed E-state index contributed by atoms with van der Waals surface area (Å²) in [6.07, 6.45) is 3.92. The van der Waals surface area contributed by atoms with Crippen LogP contribution in [0, 0.1) is 0 Å². The van der Waals surface area contributed by atoms with Crippen LogP contribution in [-0.4, -0.2) is 39.9 Å². The Kier molecular flexibility index (Phi) is 5.06. The summed E-state index contributed by atoms with van der Waals surface area (Å²) in [4.78, 5) is 15.6. The zero-order valence-electron chi connectivity index (χ0n) is 9.89. The van der Waals surface area contributed by atoms with E-state index in [1.807, 2.05) is 0 Å². The molecule has 0 spiro atoms. The fourth-order valence-corrected chi connectivity index (χ4v) is 1.47. The molecule has 94 valence electrons. The molecule has 0 aliphatic heterocycles. The molecule has 17 heavy (non-hydrogen) atoms. The molecular formula is C12H18N2O3. The molecule has 0 saturated heterocycles. The number of amides is 1. The van der Waals surface area contributed by atoms with Gasteiger partial charge in [-0.25, -0.2) is 0 Å². The van der Waals surface area contributed by atoms with Gasteiger partial charge in [-0.05, 0) is 24.1 Å². The molecule has 1 heterocycles. The predicted molar refractivity (Wildman–Crippen MR) is 63.3 cm³/mol. The van der Waals surface area contributed by atoms with Gasteiger partial charge in [0.05, 0.1) is 25.2 Å². The van der Waals surface area contributed by atoms with Crippen LogP contribution in [0.1, 0.15) is 18.9 Å². The van der Waals surface area contributed by atoms with Crippen molar-refractivity contribution >= 4 is 5.91 Å². The van der Waals surface area contributed by atoms with Crippen LogP contribution in [0.2, 0.25) is 0 Å². The summed E-state index contributed by atoms with van der Waals surface area (Å²) in [5.41, 5.74) is -0.0807. The van der Waals surface area contributed by atoms with Crippen molar-refractivity contribution < 1.29 is 15.0 Å². The summed E-state index contributed by atoms with van der Waals surface area (Å²) < 4.78 is 0. The third-order valence-electron chi connectivity index (χ3n) is 2.80. The van der Waals surface area contributed by atoms with Crippen molar-refractivity contribution in [1.82, 2.24) is 10.3 Å². The minimum absolute atomic E-state index is 0.213. The highest BCUT2D eigenvalue weighted by Crippen LogP contribution is 2.09. The summed E-state index contributed by atoms with van der Waals surface area (Å²) in [5.74, 6) is -0.221. The molecule has 0 fully saturated rings. The quantitative estimate of drug-likeness (QED) is 0.645. The molecule has 0 aliphatic carbocycles. The molecule has 0 aliphatic rings. The van der Waals surface area contributed by atoms with Gasteiger partial charge < -0.3 is 15.5 Å². The molecule has 1 aromatic rings. The summed E-state index contributed by atoms with van der Waals surface area (Å²) in [6.45, 7) is 1.25. The molecule has 5 heteroatoms. The average Bonchev–Trinajstić information content (AvgIpc) is 2.37. The maximum absolute atomic E-state index is 11.8. The Bertz CT molecular complexity index is 342. The number of carbonyl (C=O) groups is 1. The molecule has 0 aromatic carbocycles. The van der Waals surface area contributed by atoms with E-state index in [0.29, 0.717) is 6.42 Å². The zero-order valence-corrected chi connectivity index (χ0v) is 9.89. The van der Waals surface area contributed by atoms with E-state index in [2.05, 4.69) is 10.3 Å². The number of rotatable bonds is 6. The summed E-state index contributed by atoms with van der Waals surface area (Å²) in [5, 5.41) is 21.1. The fourth-order valence-electron chi connectivity index (χ4n) is 1.47. The monoisotopic (exact) mass is 238 g/mol. The predicted octanol–water partition coefficient (Wildman–Crippen LogP) is -0.126. The molecule has 0 bridgehead atoms. The van der Waals surface area contributed by atoms with E-state index in [1.54, 1.807) is 31.5 Å². The number of pyridine rings is 1.